The van der Waals surface area contributed by atoms with Crippen LogP contribution in [0, 0.1) is 17.6 Å². The van der Waals surface area contributed by atoms with E-state index in [4.69, 9.17) is 9.47 Å². The molecule has 0 radical (unpaired) electrons. The summed E-state index contributed by atoms with van der Waals surface area (Å²) in [6.45, 7) is 8.63. The van der Waals surface area contributed by atoms with Crippen LogP contribution in [0.3, 0.4) is 0 Å². The van der Waals surface area contributed by atoms with Gasteiger partial charge >= 0.3 is 5.97 Å². The van der Waals surface area contributed by atoms with E-state index in [9.17, 15) is 13.6 Å². The molecule has 0 spiro atoms. The maximum Gasteiger partial charge on any atom is 0.306 e. The van der Waals surface area contributed by atoms with E-state index in [-0.39, 0.29) is 23.9 Å². The van der Waals surface area contributed by atoms with Gasteiger partial charge in [-0.15, -0.1) is 0 Å². The zero-order valence-electron chi connectivity index (χ0n) is 21.5. The minimum Gasteiger partial charge on any atom is -0.486 e. The van der Waals surface area contributed by atoms with Gasteiger partial charge in [-0.2, -0.15) is 4.39 Å². The molecule has 2 aromatic carbocycles. The molecule has 4 nitrogen and oxygen atoms in total. The lowest BCUT2D eigenvalue weighted by Gasteiger charge is -2.31. The normalized spacial score (nSPS) is 18.8. The van der Waals surface area contributed by atoms with Gasteiger partial charge in [-0.3, -0.25) is 4.79 Å². The molecule has 1 N–H and O–H groups in total. The van der Waals surface area contributed by atoms with Gasteiger partial charge in [-0.25, -0.2) is 4.39 Å². The van der Waals surface area contributed by atoms with Gasteiger partial charge in [0.2, 0.25) is 5.82 Å². The lowest BCUT2D eigenvalue weighted by Crippen LogP contribution is -2.47. The Kier molecular flexibility index (Phi) is 9.67. The molecule has 1 unspecified atom stereocenters. The third-order valence-electron chi connectivity index (χ3n) is 6.62. The molecule has 35 heavy (non-hydrogen) atoms. The first-order valence-electron chi connectivity index (χ1n) is 12.9. The standard InChI is InChI=1S/C27H33F2NO3.C2H6/c1-27(2,15-19-11-20-8-4-5-9-21(20)12-19)30-16-22-17-32-24-14-18(13-23(28)26(24)29)7-3-6-10-25(31)33-22;1-2/h4-5,8-9,13-14,19,22,30H,3,6-7,10-12,15-17H2,1-2H3;1-2H3. The van der Waals surface area contributed by atoms with E-state index in [1.165, 1.54) is 17.2 Å². The number of aryl methyl sites for hydroxylation is 1. The van der Waals surface area contributed by atoms with E-state index in [1.54, 1.807) is 6.07 Å². The number of benzene rings is 2. The van der Waals surface area contributed by atoms with E-state index in [0.29, 0.717) is 43.7 Å². The summed E-state index contributed by atoms with van der Waals surface area (Å²) < 4.78 is 39.5. The highest BCUT2D eigenvalue weighted by Crippen LogP contribution is 2.32. The molecule has 0 amide bonds. The summed E-state index contributed by atoms with van der Waals surface area (Å²) in [5.74, 6) is -1.78. The van der Waals surface area contributed by atoms with Crippen LogP contribution in [0.4, 0.5) is 8.78 Å². The van der Waals surface area contributed by atoms with Crippen molar-refractivity contribution in [3.63, 3.8) is 0 Å². The van der Waals surface area contributed by atoms with Crippen molar-refractivity contribution >= 4 is 5.97 Å². The fourth-order valence-corrected chi connectivity index (χ4v) is 5.01. The van der Waals surface area contributed by atoms with Crippen LogP contribution in [-0.4, -0.2) is 30.8 Å². The average Bonchev–Trinajstić information content (AvgIpc) is 3.23. The number of halogens is 2. The lowest BCUT2D eigenvalue weighted by molar-refractivity contribution is -0.150. The van der Waals surface area contributed by atoms with Gasteiger partial charge in [0.25, 0.3) is 0 Å². The third-order valence-corrected chi connectivity index (χ3v) is 6.62. The molecule has 1 aliphatic carbocycles. The molecule has 2 bridgehead atoms. The second-order valence-corrected chi connectivity index (χ2v) is 10.0. The van der Waals surface area contributed by atoms with Crippen LogP contribution in [0.25, 0.3) is 0 Å². The molecular formula is C29H39F2NO3. The van der Waals surface area contributed by atoms with Gasteiger partial charge in [-0.1, -0.05) is 38.1 Å². The van der Waals surface area contributed by atoms with Crippen LogP contribution in [0.5, 0.6) is 5.75 Å². The first-order chi connectivity index (χ1) is 16.8. The highest BCUT2D eigenvalue weighted by atomic mass is 19.2. The Morgan fingerprint density at radius 2 is 1.69 bits per heavy atom. The number of fused-ring (bicyclic) bond motifs is 3. The number of carbonyl (C=O) groups is 1. The van der Waals surface area contributed by atoms with Gasteiger partial charge < -0.3 is 14.8 Å². The Morgan fingerprint density at radius 3 is 2.37 bits per heavy atom. The van der Waals surface area contributed by atoms with Crippen LogP contribution in [0.15, 0.2) is 36.4 Å². The van der Waals surface area contributed by atoms with Crippen LogP contribution >= 0.6 is 0 Å². The summed E-state index contributed by atoms with van der Waals surface area (Å²) >= 11 is 0. The third kappa shape index (κ3) is 7.76. The van der Waals surface area contributed by atoms with Crippen molar-refractivity contribution in [1.82, 2.24) is 5.32 Å². The first kappa shape index (κ1) is 27.1. The summed E-state index contributed by atoms with van der Waals surface area (Å²) in [5.41, 5.74) is 3.35. The van der Waals surface area contributed by atoms with E-state index < -0.39 is 17.7 Å². The Morgan fingerprint density at radius 1 is 1.03 bits per heavy atom. The molecule has 1 aliphatic heterocycles. The number of rotatable bonds is 5. The Balaban J connectivity index is 0.00000167. The highest BCUT2D eigenvalue weighted by Gasteiger charge is 2.29. The van der Waals surface area contributed by atoms with E-state index >= 15 is 0 Å². The second kappa shape index (κ2) is 12.5. The fourth-order valence-electron chi connectivity index (χ4n) is 5.01. The number of nitrogens with one attached hydrogen (secondary N) is 1. The van der Waals surface area contributed by atoms with E-state index in [2.05, 4.69) is 43.4 Å². The van der Waals surface area contributed by atoms with Crippen molar-refractivity contribution in [2.75, 3.05) is 13.2 Å². The Hall–Kier alpha value is -2.47. The monoisotopic (exact) mass is 487 g/mol. The number of esters is 1. The van der Waals surface area contributed by atoms with Crippen LogP contribution < -0.4 is 10.1 Å². The number of hydrogen-bond donors (Lipinski definition) is 1. The molecule has 0 fully saturated rings. The predicted octanol–water partition coefficient (Wildman–Crippen LogP) is 6.18. The number of ether oxygens (including phenoxy) is 2. The first-order valence-corrected chi connectivity index (χ1v) is 12.9. The summed E-state index contributed by atoms with van der Waals surface area (Å²) in [5, 5.41) is 3.52. The van der Waals surface area contributed by atoms with Gasteiger partial charge in [-0.05, 0) is 87.1 Å². The van der Waals surface area contributed by atoms with Crippen LogP contribution in [0.1, 0.15) is 70.1 Å². The number of hydrogen-bond acceptors (Lipinski definition) is 4. The fraction of sp³-hybridized carbons (Fsp3) is 0.552. The minimum atomic E-state index is -1.00. The molecule has 4 rings (SSSR count). The van der Waals surface area contributed by atoms with Crippen molar-refractivity contribution in [3.05, 3.63) is 64.7 Å². The summed E-state index contributed by atoms with van der Waals surface area (Å²) in [6.07, 6.45) is 4.73. The van der Waals surface area contributed by atoms with E-state index in [1.807, 2.05) is 13.8 Å². The van der Waals surface area contributed by atoms with Crippen LogP contribution in [-0.2, 0) is 28.8 Å². The maximum atomic E-state index is 14.2. The smallest absolute Gasteiger partial charge is 0.306 e. The molecule has 0 saturated heterocycles. The molecular weight excluding hydrogens is 448 g/mol. The molecule has 1 atom stereocenters. The lowest BCUT2D eigenvalue weighted by atomic mass is 9.88. The topological polar surface area (TPSA) is 47.6 Å². The SMILES string of the molecule is CC.CC(C)(CC1Cc2ccccc2C1)NCC1COc2cc(cc(F)c2F)CCCCC(=O)O1. The van der Waals surface area contributed by atoms with Gasteiger partial charge in [0, 0.05) is 18.5 Å². The van der Waals surface area contributed by atoms with Crippen molar-refractivity contribution in [2.45, 2.75) is 84.3 Å². The summed E-state index contributed by atoms with van der Waals surface area (Å²) in [6, 6.07) is 11.3. The molecule has 1 heterocycles. The number of carbonyl (C=O) groups excluding carboxylic acids is 1. The average molecular weight is 488 g/mol. The number of cyclic esters (lactones) is 1. The zero-order chi connectivity index (χ0) is 25.4. The Labute approximate surface area is 208 Å². The summed E-state index contributed by atoms with van der Waals surface area (Å²) in [7, 11) is 0. The molecule has 2 aliphatic rings. The molecule has 2 aromatic rings. The van der Waals surface area contributed by atoms with Gasteiger partial charge in [0.1, 0.15) is 12.7 Å². The van der Waals surface area contributed by atoms with Crippen molar-refractivity contribution in [1.29, 1.82) is 0 Å². The molecule has 0 aromatic heterocycles. The van der Waals surface area contributed by atoms with Crippen LogP contribution in [0.2, 0.25) is 0 Å². The second-order valence-electron chi connectivity index (χ2n) is 10.0. The molecule has 6 heteroatoms. The quantitative estimate of drug-likeness (QED) is 0.512. The van der Waals surface area contributed by atoms with Gasteiger partial charge in [0.15, 0.2) is 11.6 Å². The Bertz CT molecular complexity index is 967. The molecule has 0 saturated carbocycles. The minimum absolute atomic E-state index is 0.0382. The van der Waals surface area contributed by atoms with Gasteiger partial charge in [0.05, 0.1) is 0 Å². The van der Waals surface area contributed by atoms with Crippen molar-refractivity contribution in [2.24, 2.45) is 5.92 Å². The summed E-state index contributed by atoms with van der Waals surface area (Å²) in [4.78, 5) is 12.3. The maximum absolute atomic E-state index is 14.2. The van der Waals surface area contributed by atoms with Crippen molar-refractivity contribution < 1.29 is 23.0 Å². The molecule has 192 valence electrons. The highest BCUT2D eigenvalue weighted by molar-refractivity contribution is 5.69. The van der Waals surface area contributed by atoms with Crippen molar-refractivity contribution in [3.8, 4) is 5.75 Å². The largest absolute Gasteiger partial charge is 0.486 e. The predicted molar refractivity (Wildman–Crippen MR) is 135 cm³/mol. The van der Waals surface area contributed by atoms with E-state index in [0.717, 1.165) is 19.3 Å². The zero-order valence-corrected chi connectivity index (χ0v) is 21.5.